The molecule has 0 unspecified atom stereocenters. The highest BCUT2D eigenvalue weighted by molar-refractivity contribution is 7.80. The molecule has 0 spiro atoms. The SMILES string of the molecule is CCCOCC(=O)NCCC(N)=S. The van der Waals surface area contributed by atoms with Gasteiger partial charge in [-0.2, -0.15) is 0 Å². The van der Waals surface area contributed by atoms with E-state index in [9.17, 15) is 4.79 Å². The van der Waals surface area contributed by atoms with Crippen molar-refractivity contribution in [1.29, 1.82) is 0 Å². The second kappa shape index (κ2) is 7.94. The van der Waals surface area contributed by atoms with Crippen molar-refractivity contribution in [2.24, 2.45) is 5.73 Å². The highest BCUT2D eigenvalue weighted by atomic mass is 32.1. The molecule has 0 saturated carbocycles. The maximum Gasteiger partial charge on any atom is 0.246 e. The molecule has 76 valence electrons. The summed E-state index contributed by atoms with van der Waals surface area (Å²) < 4.78 is 5.03. The third kappa shape index (κ3) is 9.23. The van der Waals surface area contributed by atoms with Crippen LogP contribution < -0.4 is 11.1 Å². The lowest BCUT2D eigenvalue weighted by Crippen LogP contribution is -2.30. The number of rotatable bonds is 7. The first kappa shape index (κ1) is 12.3. The van der Waals surface area contributed by atoms with E-state index in [1.165, 1.54) is 0 Å². The maximum atomic E-state index is 11.0. The number of hydrogen-bond acceptors (Lipinski definition) is 3. The lowest BCUT2D eigenvalue weighted by Gasteiger charge is -2.04. The number of carbonyl (C=O) groups is 1. The summed E-state index contributed by atoms with van der Waals surface area (Å²) in [5.74, 6) is -0.121. The molecule has 0 bridgehead atoms. The summed E-state index contributed by atoms with van der Waals surface area (Å²) >= 11 is 4.65. The molecule has 3 N–H and O–H groups in total. The molecule has 0 aromatic heterocycles. The molecule has 0 rings (SSSR count). The molecule has 13 heavy (non-hydrogen) atoms. The van der Waals surface area contributed by atoms with E-state index in [0.29, 0.717) is 24.6 Å². The molecule has 0 heterocycles. The van der Waals surface area contributed by atoms with Crippen molar-refractivity contribution in [3.8, 4) is 0 Å². The van der Waals surface area contributed by atoms with E-state index in [4.69, 9.17) is 10.5 Å². The first-order valence-electron chi connectivity index (χ1n) is 4.29. The van der Waals surface area contributed by atoms with Crippen LogP contribution in [-0.4, -0.2) is 30.7 Å². The molecule has 0 aromatic carbocycles. The van der Waals surface area contributed by atoms with Crippen molar-refractivity contribution < 1.29 is 9.53 Å². The molecule has 1 amide bonds. The van der Waals surface area contributed by atoms with Crippen LogP contribution >= 0.6 is 12.2 Å². The summed E-state index contributed by atoms with van der Waals surface area (Å²) in [5.41, 5.74) is 5.25. The first-order chi connectivity index (χ1) is 6.16. The van der Waals surface area contributed by atoms with Gasteiger partial charge in [-0.3, -0.25) is 4.79 Å². The van der Waals surface area contributed by atoms with Gasteiger partial charge in [-0.1, -0.05) is 19.1 Å². The monoisotopic (exact) mass is 204 g/mol. The Hall–Kier alpha value is -0.680. The normalized spacial score (nSPS) is 9.62. The zero-order valence-electron chi connectivity index (χ0n) is 7.84. The van der Waals surface area contributed by atoms with Gasteiger partial charge >= 0.3 is 0 Å². The van der Waals surface area contributed by atoms with Crippen molar-refractivity contribution in [1.82, 2.24) is 5.32 Å². The molecule has 0 atom stereocenters. The van der Waals surface area contributed by atoms with Gasteiger partial charge in [0.15, 0.2) is 0 Å². The number of nitrogens with two attached hydrogens (primary N) is 1. The van der Waals surface area contributed by atoms with Gasteiger partial charge in [0.2, 0.25) is 5.91 Å². The Morgan fingerprint density at radius 1 is 1.62 bits per heavy atom. The van der Waals surface area contributed by atoms with E-state index in [1.807, 2.05) is 6.92 Å². The van der Waals surface area contributed by atoms with Gasteiger partial charge in [0.25, 0.3) is 0 Å². The summed E-state index contributed by atoms with van der Waals surface area (Å²) in [5, 5.41) is 2.64. The molecule has 4 nitrogen and oxygen atoms in total. The van der Waals surface area contributed by atoms with Crippen molar-refractivity contribution in [3.63, 3.8) is 0 Å². The van der Waals surface area contributed by atoms with Crippen molar-refractivity contribution in [2.45, 2.75) is 19.8 Å². The second-order valence-electron chi connectivity index (χ2n) is 2.62. The molecule has 0 saturated heterocycles. The summed E-state index contributed by atoms with van der Waals surface area (Å²) in [7, 11) is 0. The Kier molecular flexibility index (Phi) is 7.53. The van der Waals surface area contributed by atoms with E-state index < -0.39 is 0 Å². The van der Waals surface area contributed by atoms with Crippen LogP contribution in [0.2, 0.25) is 0 Å². The highest BCUT2D eigenvalue weighted by Gasteiger charge is 1.99. The van der Waals surface area contributed by atoms with Crippen LogP contribution in [-0.2, 0) is 9.53 Å². The van der Waals surface area contributed by atoms with Crippen LogP contribution in [0.15, 0.2) is 0 Å². The molecule has 0 aliphatic rings. The molecular formula is C8H16N2O2S. The van der Waals surface area contributed by atoms with Crippen LogP contribution in [0.3, 0.4) is 0 Å². The van der Waals surface area contributed by atoms with Crippen LogP contribution in [0.5, 0.6) is 0 Å². The number of carbonyl (C=O) groups excluding carboxylic acids is 1. The maximum absolute atomic E-state index is 11.0. The molecule has 0 aromatic rings. The van der Waals surface area contributed by atoms with E-state index in [-0.39, 0.29) is 12.5 Å². The lowest BCUT2D eigenvalue weighted by molar-refractivity contribution is -0.125. The largest absolute Gasteiger partial charge is 0.393 e. The highest BCUT2D eigenvalue weighted by Crippen LogP contribution is 1.81. The van der Waals surface area contributed by atoms with Crippen LogP contribution in [0.4, 0.5) is 0 Å². The second-order valence-corrected chi connectivity index (χ2v) is 3.14. The Morgan fingerprint density at radius 3 is 2.85 bits per heavy atom. The fraction of sp³-hybridized carbons (Fsp3) is 0.750. The van der Waals surface area contributed by atoms with Gasteiger partial charge in [-0.15, -0.1) is 0 Å². The number of ether oxygens (including phenoxy) is 1. The minimum Gasteiger partial charge on any atom is -0.393 e. The third-order valence-corrected chi connectivity index (χ3v) is 1.48. The van der Waals surface area contributed by atoms with E-state index in [0.717, 1.165) is 6.42 Å². The van der Waals surface area contributed by atoms with Gasteiger partial charge in [-0.05, 0) is 6.42 Å². The smallest absolute Gasteiger partial charge is 0.246 e. The van der Waals surface area contributed by atoms with Gasteiger partial charge in [-0.25, -0.2) is 0 Å². The topological polar surface area (TPSA) is 64.3 Å². The van der Waals surface area contributed by atoms with Gasteiger partial charge in [0, 0.05) is 19.6 Å². The molecule has 0 radical (unpaired) electrons. The Balaban J connectivity index is 3.25. The average molecular weight is 204 g/mol. The number of amides is 1. The molecule has 0 aliphatic heterocycles. The van der Waals surface area contributed by atoms with Crippen LogP contribution in [0.25, 0.3) is 0 Å². The fourth-order valence-corrected chi connectivity index (χ4v) is 0.787. The zero-order valence-corrected chi connectivity index (χ0v) is 8.65. The first-order valence-corrected chi connectivity index (χ1v) is 4.70. The summed E-state index contributed by atoms with van der Waals surface area (Å²) in [6.07, 6.45) is 1.45. The van der Waals surface area contributed by atoms with Crippen LogP contribution in [0.1, 0.15) is 19.8 Å². The standard InChI is InChI=1S/C8H16N2O2S/c1-2-5-12-6-8(11)10-4-3-7(9)13/h2-6H2,1H3,(H2,9,13)(H,10,11). The van der Waals surface area contributed by atoms with Crippen molar-refractivity contribution in [2.75, 3.05) is 19.8 Å². The molecule has 0 fully saturated rings. The number of hydrogen-bond donors (Lipinski definition) is 2. The Bertz CT molecular complexity index is 174. The Labute approximate surface area is 83.8 Å². The minimum atomic E-state index is -0.121. The quantitative estimate of drug-likeness (QED) is 0.459. The van der Waals surface area contributed by atoms with Crippen LogP contribution in [0, 0.1) is 0 Å². The van der Waals surface area contributed by atoms with Gasteiger partial charge in [0.05, 0.1) is 4.99 Å². The zero-order chi connectivity index (χ0) is 10.1. The number of thiocarbonyl (C=S) groups is 1. The third-order valence-electron chi connectivity index (χ3n) is 1.28. The molecular weight excluding hydrogens is 188 g/mol. The summed E-state index contributed by atoms with van der Waals surface area (Å²) in [6.45, 7) is 3.21. The predicted octanol–water partition coefficient (Wildman–Crippen LogP) is 0.205. The average Bonchev–Trinajstić information content (AvgIpc) is 2.04. The van der Waals surface area contributed by atoms with Crippen molar-refractivity contribution in [3.05, 3.63) is 0 Å². The van der Waals surface area contributed by atoms with E-state index in [2.05, 4.69) is 17.5 Å². The minimum absolute atomic E-state index is 0.116. The lowest BCUT2D eigenvalue weighted by atomic mass is 10.4. The van der Waals surface area contributed by atoms with Gasteiger partial charge in [0.1, 0.15) is 6.61 Å². The molecule has 5 heteroatoms. The van der Waals surface area contributed by atoms with E-state index in [1.54, 1.807) is 0 Å². The predicted molar refractivity (Wildman–Crippen MR) is 55.5 cm³/mol. The summed E-state index contributed by atoms with van der Waals surface area (Å²) in [4.78, 5) is 11.4. The number of nitrogens with one attached hydrogen (secondary N) is 1. The van der Waals surface area contributed by atoms with E-state index >= 15 is 0 Å². The van der Waals surface area contributed by atoms with Crippen molar-refractivity contribution >= 4 is 23.1 Å². The van der Waals surface area contributed by atoms with Gasteiger partial charge < -0.3 is 15.8 Å². The fourth-order valence-electron chi connectivity index (χ4n) is 0.685. The Morgan fingerprint density at radius 2 is 2.31 bits per heavy atom. The molecule has 0 aliphatic carbocycles. The summed E-state index contributed by atoms with van der Waals surface area (Å²) in [6, 6.07) is 0.